The van der Waals surface area contributed by atoms with Crippen LogP contribution >= 0.6 is 34.4 Å². The molecule has 0 atom stereocenters. The average Bonchev–Trinajstić information content (AvgIpc) is 3.11. The second-order valence-corrected chi connectivity index (χ2v) is 7.78. The van der Waals surface area contributed by atoms with Gasteiger partial charge in [-0.25, -0.2) is 4.98 Å². The second-order valence-electron chi connectivity index (χ2n) is 4.56. The minimum absolute atomic E-state index is 0.141. The highest BCUT2D eigenvalue weighted by Crippen LogP contribution is 2.38. The van der Waals surface area contributed by atoms with E-state index >= 15 is 0 Å². The highest BCUT2D eigenvalue weighted by Gasteiger charge is 2.26. The number of carbonyl (C=O) groups is 2. The number of hydrogen-bond acceptors (Lipinski definition) is 6. The molecule has 3 N–H and O–H groups in total. The number of amides is 2. The molecule has 0 spiro atoms. The molecule has 2 amide bonds. The molecule has 2 aromatic heterocycles. The van der Waals surface area contributed by atoms with E-state index in [1.54, 1.807) is 6.20 Å². The second kappa shape index (κ2) is 6.17. The molecule has 1 aliphatic carbocycles. The number of aromatic nitrogens is 1. The number of thiophene rings is 1. The van der Waals surface area contributed by atoms with Crippen LogP contribution in [-0.2, 0) is 17.6 Å². The Hall–Kier alpha value is -1.38. The summed E-state index contributed by atoms with van der Waals surface area (Å²) in [5.74, 6) is -0.330. The van der Waals surface area contributed by atoms with Crippen LogP contribution < -0.4 is 11.1 Å². The van der Waals surface area contributed by atoms with E-state index in [9.17, 15) is 9.59 Å². The molecule has 110 valence electrons. The maximum absolute atomic E-state index is 12.0. The summed E-state index contributed by atoms with van der Waals surface area (Å²) in [4.78, 5) is 28.9. The largest absolute Gasteiger partial charge is 0.365 e. The topological polar surface area (TPSA) is 85.1 Å². The van der Waals surface area contributed by atoms with E-state index in [1.165, 1.54) is 39.3 Å². The molecule has 0 radical (unpaired) electrons. The lowest BCUT2D eigenvalue weighted by molar-refractivity contribution is -0.113. The first-order valence-electron chi connectivity index (χ1n) is 6.41. The fraction of sp³-hybridized carbons (Fsp3) is 0.308. The number of carbonyl (C=O) groups excluding carboxylic acids is 2. The van der Waals surface area contributed by atoms with Crippen molar-refractivity contribution in [3.8, 4) is 0 Å². The van der Waals surface area contributed by atoms with Crippen molar-refractivity contribution in [2.24, 2.45) is 5.73 Å². The molecule has 0 saturated heterocycles. The molecule has 2 heterocycles. The fourth-order valence-electron chi connectivity index (χ4n) is 2.32. The van der Waals surface area contributed by atoms with Gasteiger partial charge < -0.3 is 11.1 Å². The fourth-order valence-corrected chi connectivity index (χ4v) is 5.07. The molecule has 21 heavy (non-hydrogen) atoms. The van der Waals surface area contributed by atoms with Crippen LogP contribution in [0.25, 0.3) is 0 Å². The number of nitrogens with one attached hydrogen (secondary N) is 1. The van der Waals surface area contributed by atoms with Crippen LogP contribution in [-0.4, -0.2) is 22.6 Å². The van der Waals surface area contributed by atoms with Crippen LogP contribution in [0.15, 0.2) is 15.9 Å². The lowest BCUT2D eigenvalue weighted by atomic mass is 10.1. The molecule has 0 aromatic carbocycles. The number of hydrogen-bond donors (Lipinski definition) is 2. The van der Waals surface area contributed by atoms with Crippen molar-refractivity contribution < 1.29 is 9.59 Å². The van der Waals surface area contributed by atoms with Gasteiger partial charge >= 0.3 is 0 Å². The Morgan fingerprint density at radius 2 is 2.29 bits per heavy atom. The summed E-state index contributed by atoms with van der Waals surface area (Å²) in [6, 6.07) is 0. The van der Waals surface area contributed by atoms with Crippen molar-refractivity contribution in [1.29, 1.82) is 0 Å². The molecule has 1 aliphatic rings. The molecule has 0 aliphatic heterocycles. The summed E-state index contributed by atoms with van der Waals surface area (Å²) in [6.07, 6.45) is 4.59. The first-order valence-corrected chi connectivity index (χ1v) is 9.10. The van der Waals surface area contributed by atoms with Gasteiger partial charge in [-0.1, -0.05) is 11.8 Å². The first kappa shape index (κ1) is 14.6. The Labute approximate surface area is 134 Å². The lowest BCUT2D eigenvalue weighted by Gasteiger charge is -2.05. The van der Waals surface area contributed by atoms with Crippen molar-refractivity contribution >= 4 is 51.3 Å². The van der Waals surface area contributed by atoms with Crippen molar-refractivity contribution in [3.63, 3.8) is 0 Å². The van der Waals surface area contributed by atoms with Crippen molar-refractivity contribution in [1.82, 2.24) is 4.98 Å². The normalized spacial score (nSPS) is 13.1. The molecule has 0 saturated carbocycles. The zero-order valence-corrected chi connectivity index (χ0v) is 13.5. The van der Waals surface area contributed by atoms with Crippen LogP contribution in [0.5, 0.6) is 0 Å². The van der Waals surface area contributed by atoms with Gasteiger partial charge in [0.1, 0.15) is 9.34 Å². The number of nitrogens with two attached hydrogens (primary N) is 1. The predicted molar refractivity (Wildman–Crippen MR) is 86.3 cm³/mol. The van der Waals surface area contributed by atoms with Gasteiger partial charge in [0.2, 0.25) is 5.91 Å². The van der Waals surface area contributed by atoms with E-state index in [-0.39, 0.29) is 11.7 Å². The van der Waals surface area contributed by atoms with Gasteiger partial charge in [-0.3, -0.25) is 9.59 Å². The van der Waals surface area contributed by atoms with Crippen LogP contribution in [0.4, 0.5) is 5.00 Å². The highest BCUT2D eigenvalue weighted by atomic mass is 32.2. The van der Waals surface area contributed by atoms with E-state index in [4.69, 9.17) is 5.73 Å². The maximum Gasteiger partial charge on any atom is 0.251 e. The molecule has 0 fully saturated rings. The van der Waals surface area contributed by atoms with Crippen molar-refractivity contribution in [2.75, 3.05) is 11.1 Å². The van der Waals surface area contributed by atoms with E-state index in [0.717, 1.165) is 29.2 Å². The van der Waals surface area contributed by atoms with Gasteiger partial charge in [-0.2, -0.15) is 0 Å². The number of nitrogens with zero attached hydrogens (tertiary/aromatic N) is 1. The van der Waals surface area contributed by atoms with Gasteiger partial charge in [0.25, 0.3) is 5.91 Å². The third-order valence-electron chi connectivity index (χ3n) is 3.16. The van der Waals surface area contributed by atoms with Gasteiger partial charge in [-0.15, -0.1) is 22.7 Å². The number of rotatable bonds is 5. The Morgan fingerprint density at radius 1 is 1.43 bits per heavy atom. The van der Waals surface area contributed by atoms with Crippen molar-refractivity contribution in [2.45, 2.75) is 23.6 Å². The quantitative estimate of drug-likeness (QED) is 0.820. The van der Waals surface area contributed by atoms with Gasteiger partial charge in [0.15, 0.2) is 0 Å². The monoisotopic (exact) mass is 339 g/mol. The van der Waals surface area contributed by atoms with Crippen LogP contribution in [0.1, 0.15) is 27.2 Å². The van der Waals surface area contributed by atoms with Crippen LogP contribution in [0, 0.1) is 0 Å². The van der Waals surface area contributed by atoms with E-state index in [0.29, 0.717) is 10.6 Å². The zero-order valence-electron chi connectivity index (χ0n) is 11.0. The average molecular weight is 339 g/mol. The summed E-state index contributed by atoms with van der Waals surface area (Å²) in [5.41, 5.74) is 6.99. The minimum atomic E-state index is -0.461. The zero-order chi connectivity index (χ0) is 14.8. The third-order valence-corrected chi connectivity index (χ3v) is 6.33. The molecule has 0 unspecified atom stereocenters. The van der Waals surface area contributed by atoms with Gasteiger partial charge in [-0.05, 0) is 24.8 Å². The molecule has 3 rings (SSSR count). The van der Waals surface area contributed by atoms with Gasteiger partial charge in [0, 0.05) is 16.5 Å². The standard InChI is InChI=1S/C13H13N3O2S3/c14-11(18)10-7-2-1-3-8(7)21-12(10)16-9(17)6-20-13-15-4-5-19-13/h4-5H,1-3,6H2,(H2,14,18)(H,16,17). The summed E-state index contributed by atoms with van der Waals surface area (Å²) in [6.45, 7) is 0. The summed E-state index contributed by atoms with van der Waals surface area (Å²) >= 11 is 4.36. The summed E-state index contributed by atoms with van der Waals surface area (Å²) < 4.78 is 0.856. The number of primary amides is 1. The number of fused-ring (bicyclic) bond motifs is 1. The van der Waals surface area contributed by atoms with Gasteiger partial charge in [0.05, 0.1) is 11.3 Å². The molecule has 2 aromatic rings. The SMILES string of the molecule is NC(=O)c1c(NC(=O)CSc2nccs2)sc2c1CCC2. The Balaban J connectivity index is 1.70. The number of thioether (sulfide) groups is 1. The van der Waals surface area contributed by atoms with Crippen LogP contribution in [0.3, 0.4) is 0 Å². The van der Waals surface area contributed by atoms with E-state index in [2.05, 4.69) is 10.3 Å². The molecule has 0 bridgehead atoms. The molecule has 8 heteroatoms. The Morgan fingerprint density at radius 3 is 3.00 bits per heavy atom. The Kier molecular flexibility index (Phi) is 4.27. The highest BCUT2D eigenvalue weighted by molar-refractivity contribution is 8.01. The number of aryl methyl sites for hydroxylation is 1. The summed E-state index contributed by atoms with van der Waals surface area (Å²) in [5, 5.41) is 5.28. The minimum Gasteiger partial charge on any atom is -0.365 e. The lowest BCUT2D eigenvalue weighted by Crippen LogP contribution is -2.18. The number of thiazole rings is 1. The first-order chi connectivity index (χ1) is 10.1. The Bertz CT molecular complexity index is 679. The van der Waals surface area contributed by atoms with E-state index < -0.39 is 5.91 Å². The molecular weight excluding hydrogens is 326 g/mol. The van der Waals surface area contributed by atoms with Crippen LogP contribution in [0.2, 0.25) is 0 Å². The van der Waals surface area contributed by atoms with E-state index in [1.807, 2.05) is 5.38 Å². The smallest absolute Gasteiger partial charge is 0.251 e. The summed E-state index contributed by atoms with van der Waals surface area (Å²) in [7, 11) is 0. The number of anilines is 1. The maximum atomic E-state index is 12.0. The predicted octanol–water partition coefficient (Wildman–Crippen LogP) is 2.52. The van der Waals surface area contributed by atoms with Crippen molar-refractivity contribution in [3.05, 3.63) is 27.6 Å². The molecule has 5 nitrogen and oxygen atoms in total. The third kappa shape index (κ3) is 3.12. The molecular formula is C13H13N3O2S3.